The van der Waals surface area contributed by atoms with E-state index in [2.05, 4.69) is 20.2 Å². The fourth-order valence-corrected chi connectivity index (χ4v) is 2.54. The first kappa shape index (κ1) is 16.6. The smallest absolute Gasteiger partial charge is 0.222 e. The van der Waals surface area contributed by atoms with E-state index in [4.69, 9.17) is 0 Å². The molecule has 0 aromatic carbocycles. The highest BCUT2D eigenvalue weighted by Crippen LogP contribution is 2.06. The van der Waals surface area contributed by atoms with Gasteiger partial charge in [-0.15, -0.1) is 0 Å². The first-order valence-electron chi connectivity index (χ1n) is 7.84. The van der Waals surface area contributed by atoms with Crippen LogP contribution in [-0.4, -0.2) is 76.2 Å². The van der Waals surface area contributed by atoms with Crippen LogP contribution in [0.4, 0.5) is 5.95 Å². The van der Waals surface area contributed by atoms with Crippen LogP contribution in [0, 0.1) is 0 Å². The average molecular weight is 307 g/mol. The van der Waals surface area contributed by atoms with Crippen LogP contribution in [0.1, 0.15) is 19.8 Å². The van der Waals surface area contributed by atoms with Gasteiger partial charge in [-0.25, -0.2) is 9.97 Å². The third-order valence-electron chi connectivity index (χ3n) is 3.66. The van der Waals surface area contributed by atoms with Crippen LogP contribution in [0.3, 0.4) is 0 Å². The molecule has 0 radical (unpaired) electrons. The van der Waals surface area contributed by atoms with Crippen molar-refractivity contribution in [3.63, 3.8) is 0 Å². The molecular weight excluding hydrogens is 282 g/mol. The summed E-state index contributed by atoms with van der Waals surface area (Å²) in [5, 5.41) is 12.5. The molecule has 1 aliphatic heterocycles. The number of anilines is 1. The molecule has 1 fully saturated rings. The summed E-state index contributed by atoms with van der Waals surface area (Å²) >= 11 is 0. The quantitative estimate of drug-likeness (QED) is 0.700. The number of rotatable bonds is 7. The van der Waals surface area contributed by atoms with Gasteiger partial charge in [0.05, 0.1) is 6.10 Å². The lowest BCUT2D eigenvalue weighted by Crippen LogP contribution is -2.50. The highest BCUT2D eigenvalue weighted by Gasteiger charge is 2.21. The van der Waals surface area contributed by atoms with Crippen molar-refractivity contribution in [1.82, 2.24) is 19.8 Å². The molecule has 1 atom stereocenters. The topological polar surface area (TPSA) is 81.6 Å². The zero-order chi connectivity index (χ0) is 15.8. The van der Waals surface area contributed by atoms with Crippen molar-refractivity contribution >= 4 is 11.9 Å². The lowest BCUT2D eigenvalue weighted by Gasteiger charge is -2.35. The second kappa shape index (κ2) is 8.65. The van der Waals surface area contributed by atoms with Crippen molar-refractivity contribution in [3.05, 3.63) is 18.5 Å². The van der Waals surface area contributed by atoms with Crippen molar-refractivity contribution in [2.45, 2.75) is 25.9 Å². The maximum Gasteiger partial charge on any atom is 0.222 e. The van der Waals surface area contributed by atoms with E-state index in [1.807, 2.05) is 4.90 Å². The van der Waals surface area contributed by atoms with E-state index in [1.165, 1.54) is 0 Å². The lowest BCUT2D eigenvalue weighted by molar-refractivity contribution is -0.133. The highest BCUT2D eigenvalue weighted by atomic mass is 16.3. The standard InChI is InChI=1S/C15H25N5O2/c1-13(21)12-19-8-10-20(11-9-19)14(22)4-2-5-16-15-17-6-3-7-18-15/h3,6-7,13,21H,2,4-5,8-12H2,1H3,(H,16,17,18)/t13-/m1/s1. The predicted octanol–water partition coefficient (Wildman–Crippen LogP) is 0.194. The summed E-state index contributed by atoms with van der Waals surface area (Å²) in [6.45, 7) is 6.35. The van der Waals surface area contributed by atoms with Gasteiger partial charge in [0, 0.05) is 58.1 Å². The van der Waals surface area contributed by atoms with E-state index in [0.29, 0.717) is 25.5 Å². The summed E-state index contributed by atoms with van der Waals surface area (Å²) < 4.78 is 0. The molecule has 1 amide bonds. The van der Waals surface area contributed by atoms with Crippen molar-refractivity contribution < 1.29 is 9.90 Å². The largest absolute Gasteiger partial charge is 0.392 e. The Morgan fingerprint density at radius 2 is 2.00 bits per heavy atom. The van der Waals surface area contributed by atoms with Crippen LogP contribution in [0.2, 0.25) is 0 Å². The second-order valence-corrected chi connectivity index (χ2v) is 5.63. The van der Waals surface area contributed by atoms with Gasteiger partial charge >= 0.3 is 0 Å². The molecule has 0 bridgehead atoms. The van der Waals surface area contributed by atoms with E-state index in [-0.39, 0.29) is 12.0 Å². The zero-order valence-electron chi connectivity index (χ0n) is 13.1. The zero-order valence-corrected chi connectivity index (χ0v) is 13.1. The van der Waals surface area contributed by atoms with Crippen LogP contribution in [0.5, 0.6) is 0 Å². The summed E-state index contributed by atoms with van der Waals surface area (Å²) in [7, 11) is 0. The number of piperazine rings is 1. The summed E-state index contributed by atoms with van der Waals surface area (Å²) in [4.78, 5) is 24.4. The molecule has 2 rings (SSSR count). The van der Waals surface area contributed by atoms with Crippen molar-refractivity contribution in [2.75, 3.05) is 44.6 Å². The number of nitrogens with zero attached hydrogens (tertiary/aromatic N) is 4. The van der Waals surface area contributed by atoms with Gasteiger partial charge in [0.25, 0.3) is 0 Å². The van der Waals surface area contributed by atoms with Crippen molar-refractivity contribution in [2.24, 2.45) is 0 Å². The Morgan fingerprint density at radius 1 is 1.32 bits per heavy atom. The number of aliphatic hydroxyl groups is 1. The molecule has 7 heteroatoms. The molecule has 22 heavy (non-hydrogen) atoms. The minimum Gasteiger partial charge on any atom is -0.392 e. The molecule has 0 saturated carbocycles. The minimum absolute atomic E-state index is 0.201. The molecule has 7 nitrogen and oxygen atoms in total. The fraction of sp³-hybridized carbons (Fsp3) is 0.667. The summed E-state index contributed by atoms with van der Waals surface area (Å²) in [6.07, 6.45) is 4.37. The number of carbonyl (C=O) groups excluding carboxylic acids is 1. The summed E-state index contributed by atoms with van der Waals surface area (Å²) in [5.41, 5.74) is 0. The molecule has 0 spiro atoms. The Bertz CT molecular complexity index is 447. The molecule has 0 aliphatic carbocycles. The Morgan fingerprint density at radius 3 is 2.64 bits per heavy atom. The van der Waals surface area contributed by atoms with Gasteiger partial charge in [0.1, 0.15) is 0 Å². The van der Waals surface area contributed by atoms with Crippen LogP contribution < -0.4 is 5.32 Å². The SMILES string of the molecule is C[C@@H](O)CN1CCN(C(=O)CCCNc2ncccn2)CC1. The Hall–Kier alpha value is -1.73. The van der Waals surface area contributed by atoms with Gasteiger partial charge in [0.2, 0.25) is 11.9 Å². The maximum absolute atomic E-state index is 12.1. The second-order valence-electron chi connectivity index (χ2n) is 5.63. The van der Waals surface area contributed by atoms with Gasteiger partial charge in [0.15, 0.2) is 0 Å². The molecule has 122 valence electrons. The molecule has 2 N–H and O–H groups in total. The van der Waals surface area contributed by atoms with Gasteiger partial charge in [-0.05, 0) is 19.4 Å². The number of hydrogen-bond acceptors (Lipinski definition) is 6. The maximum atomic E-state index is 12.1. The van der Waals surface area contributed by atoms with Crippen LogP contribution >= 0.6 is 0 Å². The lowest BCUT2D eigenvalue weighted by atomic mass is 10.2. The molecule has 1 aromatic heterocycles. The van der Waals surface area contributed by atoms with Crippen molar-refractivity contribution in [1.29, 1.82) is 0 Å². The first-order chi connectivity index (χ1) is 10.6. The van der Waals surface area contributed by atoms with E-state index < -0.39 is 0 Å². The van der Waals surface area contributed by atoms with E-state index in [0.717, 1.165) is 32.6 Å². The predicted molar refractivity (Wildman–Crippen MR) is 84.5 cm³/mol. The third-order valence-corrected chi connectivity index (χ3v) is 3.66. The molecule has 1 aromatic rings. The van der Waals surface area contributed by atoms with Gasteiger partial charge in [-0.3, -0.25) is 9.69 Å². The number of carbonyl (C=O) groups is 1. The number of hydrogen-bond donors (Lipinski definition) is 2. The Balaban J connectivity index is 1.60. The third kappa shape index (κ3) is 5.57. The van der Waals surface area contributed by atoms with Crippen molar-refractivity contribution in [3.8, 4) is 0 Å². The number of aliphatic hydroxyl groups excluding tert-OH is 1. The van der Waals surface area contributed by atoms with E-state index in [1.54, 1.807) is 25.4 Å². The van der Waals surface area contributed by atoms with E-state index in [9.17, 15) is 9.90 Å². The number of aromatic nitrogens is 2. The molecular formula is C15H25N5O2. The number of β-amino-alcohol motifs (C(OH)–C–C–N with tert-alkyl or cyclic N) is 1. The highest BCUT2D eigenvalue weighted by molar-refractivity contribution is 5.76. The normalized spacial score (nSPS) is 17.3. The number of nitrogens with one attached hydrogen (secondary N) is 1. The first-order valence-corrected chi connectivity index (χ1v) is 7.84. The summed E-state index contributed by atoms with van der Waals surface area (Å²) in [5.74, 6) is 0.800. The molecule has 1 aliphatic rings. The Labute approximate surface area is 131 Å². The Kier molecular flexibility index (Phi) is 6.54. The van der Waals surface area contributed by atoms with Gasteiger partial charge in [-0.1, -0.05) is 0 Å². The molecule has 0 unspecified atom stereocenters. The van der Waals surface area contributed by atoms with Gasteiger partial charge in [-0.2, -0.15) is 0 Å². The van der Waals surface area contributed by atoms with Crippen LogP contribution in [0.25, 0.3) is 0 Å². The average Bonchev–Trinajstić information content (AvgIpc) is 2.52. The summed E-state index contributed by atoms with van der Waals surface area (Å²) in [6, 6.07) is 1.77. The fourth-order valence-electron chi connectivity index (χ4n) is 2.54. The molecule has 1 saturated heterocycles. The monoisotopic (exact) mass is 307 g/mol. The van der Waals surface area contributed by atoms with Gasteiger partial charge < -0.3 is 15.3 Å². The van der Waals surface area contributed by atoms with E-state index >= 15 is 0 Å². The number of amides is 1. The van der Waals surface area contributed by atoms with Crippen LogP contribution in [-0.2, 0) is 4.79 Å². The van der Waals surface area contributed by atoms with Crippen LogP contribution in [0.15, 0.2) is 18.5 Å². The molecule has 2 heterocycles. The minimum atomic E-state index is -0.312.